The predicted octanol–water partition coefficient (Wildman–Crippen LogP) is 4.37. The molecule has 0 aliphatic rings. The number of carboxylic acid groups (broad SMARTS) is 1. The monoisotopic (exact) mass is 363 g/mol. The quantitative estimate of drug-likeness (QED) is 0.747. The highest BCUT2D eigenvalue weighted by atomic mass is 35.5. The van der Waals surface area contributed by atoms with Gasteiger partial charge in [-0.05, 0) is 24.3 Å². The molecule has 2 aromatic carbocycles. The van der Waals surface area contributed by atoms with E-state index in [1.807, 2.05) is 0 Å². The van der Waals surface area contributed by atoms with Gasteiger partial charge < -0.3 is 9.84 Å². The lowest BCUT2D eigenvalue weighted by atomic mass is 10.2. The first-order chi connectivity index (χ1) is 11.5. The number of para-hydroxylation sites is 1. The van der Waals surface area contributed by atoms with E-state index in [-0.39, 0.29) is 12.2 Å². The summed E-state index contributed by atoms with van der Waals surface area (Å²) in [4.78, 5) is 23.7. The van der Waals surface area contributed by atoms with Crippen LogP contribution in [0.1, 0.15) is 15.2 Å². The number of aromatic carboxylic acids is 1. The first-order valence-corrected chi connectivity index (χ1v) is 7.67. The Morgan fingerprint density at radius 3 is 2.58 bits per heavy atom. The van der Waals surface area contributed by atoms with Crippen LogP contribution in [0.5, 0.6) is 5.75 Å². The molecule has 0 fully saturated rings. The molecule has 1 N–H and O–H groups in total. The van der Waals surface area contributed by atoms with Crippen molar-refractivity contribution in [2.24, 2.45) is 0 Å². The smallest absolute Gasteiger partial charge is 0.337 e. The van der Waals surface area contributed by atoms with Gasteiger partial charge in [0.15, 0.2) is 6.61 Å². The average Bonchev–Trinajstić information content (AvgIpc) is 2.94. The van der Waals surface area contributed by atoms with Gasteiger partial charge in [0.05, 0.1) is 16.1 Å². The van der Waals surface area contributed by atoms with Crippen LogP contribution >= 0.6 is 23.2 Å². The molecule has 0 bridgehead atoms. The van der Waals surface area contributed by atoms with Gasteiger partial charge in [0.2, 0.25) is 0 Å². The average molecular weight is 364 g/mol. The van der Waals surface area contributed by atoms with Crippen LogP contribution in [0.25, 0.3) is 10.9 Å². The molecule has 24 heavy (non-hydrogen) atoms. The molecular weight excluding hydrogens is 353 g/mol. The molecule has 0 amide bonds. The van der Waals surface area contributed by atoms with E-state index in [1.54, 1.807) is 36.4 Å². The van der Waals surface area contributed by atoms with Gasteiger partial charge in [0.1, 0.15) is 5.75 Å². The molecule has 0 spiro atoms. The summed E-state index contributed by atoms with van der Waals surface area (Å²) in [6.45, 7) is -0.293. The standard InChI is InChI=1S/C17H11Cl2NO4/c18-10-5-6-15(13(19)7-10)24-9-16(21)20-8-12(17(22)23)11-3-1-2-4-14(11)20/h1-8H,9H2,(H,22,23). The van der Waals surface area contributed by atoms with Crippen LogP contribution in [0.3, 0.4) is 0 Å². The molecule has 1 aromatic heterocycles. The number of ether oxygens (including phenoxy) is 1. The van der Waals surface area contributed by atoms with Crippen molar-refractivity contribution in [3.05, 3.63) is 64.3 Å². The minimum atomic E-state index is -1.10. The molecule has 122 valence electrons. The zero-order chi connectivity index (χ0) is 17.3. The van der Waals surface area contributed by atoms with Crippen LogP contribution in [0.2, 0.25) is 10.0 Å². The van der Waals surface area contributed by atoms with E-state index < -0.39 is 11.9 Å². The van der Waals surface area contributed by atoms with E-state index in [9.17, 15) is 14.7 Å². The third kappa shape index (κ3) is 3.09. The van der Waals surface area contributed by atoms with E-state index in [2.05, 4.69) is 0 Å². The number of carbonyl (C=O) groups excluding carboxylic acids is 1. The van der Waals surface area contributed by atoms with Gasteiger partial charge in [-0.15, -0.1) is 0 Å². The summed E-state index contributed by atoms with van der Waals surface area (Å²) in [6, 6.07) is 11.4. The van der Waals surface area contributed by atoms with Crippen molar-refractivity contribution in [3.63, 3.8) is 0 Å². The normalized spacial score (nSPS) is 10.8. The first-order valence-electron chi connectivity index (χ1n) is 6.92. The number of hydrogen-bond acceptors (Lipinski definition) is 3. The van der Waals surface area contributed by atoms with E-state index in [0.717, 1.165) is 0 Å². The lowest BCUT2D eigenvalue weighted by Crippen LogP contribution is -2.18. The predicted molar refractivity (Wildman–Crippen MR) is 91.5 cm³/mol. The zero-order valence-corrected chi connectivity index (χ0v) is 13.7. The maximum absolute atomic E-state index is 12.4. The van der Waals surface area contributed by atoms with E-state index in [1.165, 1.54) is 16.8 Å². The lowest BCUT2D eigenvalue weighted by molar-refractivity contribution is 0.0699. The molecule has 0 aliphatic carbocycles. The molecule has 7 heteroatoms. The number of carbonyl (C=O) groups is 2. The minimum Gasteiger partial charge on any atom is -0.482 e. The topological polar surface area (TPSA) is 68.5 Å². The highest BCUT2D eigenvalue weighted by Crippen LogP contribution is 2.27. The number of nitrogens with zero attached hydrogens (tertiary/aromatic N) is 1. The van der Waals surface area contributed by atoms with Gasteiger partial charge in [-0.2, -0.15) is 0 Å². The summed E-state index contributed by atoms with van der Waals surface area (Å²) in [5, 5.41) is 10.5. The highest BCUT2D eigenvalue weighted by Gasteiger charge is 2.18. The summed E-state index contributed by atoms with van der Waals surface area (Å²) in [6.07, 6.45) is 1.29. The van der Waals surface area contributed by atoms with Gasteiger partial charge in [-0.25, -0.2) is 4.79 Å². The zero-order valence-electron chi connectivity index (χ0n) is 12.2. The molecule has 0 unspecified atom stereocenters. The van der Waals surface area contributed by atoms with Crippen molar-refractivity contribution in [1.82, 2.24) is 4.57 Å². The minimum absolute atomic E-state index is 0.0588. The Morgan fingerprint density at radius 1 is 1.12 bits per heavy atom. The number of rotatable bonds is 4. The van der Waals surface area contributed by atoms with Crippen molar-refractivity contribution in [2.45, 2.75) is 0 Å². The maximum atomic E-state index is 12.4. The fourth-order valence-electron chi connectivity index (χ4n) is 2.36. The second-order valence-corrected chi connectivity index (χ2v) is 5.84. The molecule has 0 saturated heterocycles. The first kappa shape index (κ1) is 16.4. The Kier molecular flexibility index (Phi) is 4.46. The van der Waals surface area contributed by atoms with E-state index >= 15 is 0 Å². The fraction of sp³-hybridized carbons (Fsp3) is 0.0588. The van der Waals surface area contributed by atoms with Crippen LogP contribution in [0, 0.1) is 0 Å². The second kappa shape index (κ2) is 6.55. The number of aromatic nitrogens is 1. The molecule has 0 aliphatic heterocycles. The molecule has 0 radical (unpaired) electrons. The molecule has 5 nitrogen and oxygen atoms in total. The van der Waals surface area contributed by atoms with Crippen LogP contribution in [-0.2, 0) is 0 Å². The van der Waals surface area contributed by atoms with Crippen molar-refractivity contribution in [2.75, 3.05) is 6.61 Å². The summed E-state index contributed by atoms with van der Waals surface area (Å²) < 4.78 is 6.68. The SMILES string of the molecule is O=C(O)c1cn(C(=O)COc2ccc(Cl)cc2Cl)c2ccccc12. The maximum Gasteiger partial charge on any atom is 0.337 e. The van der Waals surface area contributed by atoms with Crippen LogP contribution in [-0.4, -0.2) is 28.2 Å². The summed E-state index contributed by atoms with van der Waals surface area (Å²) in [5.41, 5.74) is 0.564. The van der Waals surface area contributed by atoms with Gasteiger partial charge in [0.25, 0.3) is 5.91 Å². The molecule has 3 aromatic rings. The Labute approximate surface area is 147 Å². The number of carboxylic acids is 1. The molecular formula is C17H11Cl2NO4. The van der Waals surface area contributed by atoms with Crippen LogP contribution < -0.4 is 4.74 Å². The van der Waals surface area contributed by atoms with Crippen molar-refractivity contribution in [3.8, 4) is 5.75 Å². The second-order valence-electron chi connectivity index (χ2n) is 4.99. The Balaban J connectivity index is 1.88. The number of fused-ring (bicyclic) bond motifs is 1. The third-order valence-electron chi connectivity index (χ3n) is 3.46. The Bertz CT molecular complexity index is 949. The van der Waals surface area contributed by atoms with Crippen LogP contribution in [0.4, 0.5) is 0 Å². The van der Waals surface area contributed by atoms with E-state index in [0.29, 0.717) is 26.7 Å². The van der Waals surface area contributed by atoms with Crippen LogP contribution in [0.15, 0.2) is 48.7 Å². The number of benzene rings is 2. The summed E-state index contributed by atoms with van der Waals surface area (Å²) in [7, 11) is 0. The van der Waals surface area contributed by atoms with E-state index in [4.69, 9.17) is 27.9 Å². The van der Waals surface area contributed by atoms with Crippen molar-refractivity contribution >= 4 is 46.0 Å². The number of halogens is 2. The van der Waals surface area contributed by atoms with Gasteiger partial charge in [0, 0.05) is 16.6 Å². The van der Waals surface area contributed by atoms with Crippen molar-refractivity contribution in [1.29, 1.82) is 0 Å². The molecule has 3 rings (SSSR count). The molecule has 1 heterocycles. The van der Waals surface area contributed by atoms with Crippen molar-refractivity contribution < 1.29 is 19.4 Å². The lowest BCUT2D eigenvalue weighted by Gasteiger charge is -2.08. The summed E-state index contributed by atoms with van der Waals surface area (Å²) in [5.74, 6) is -1.19. The molecule has 0 atom stereocenters. The fourth-order valence-corrected chi connectivity index (χ4v) is 2.82. The Hall–Kier alpha value is -2.50. The summed E-state index contributed by atoms with van der Waals surface area (Å²) >= 11 is 11.8. The largest absolute Gasteiger partial charge is 0.482 e. The highest BCUT2D eigenvalue weighted by molar-refractivity contribution is 6.35. The van der Waals surface area contributed by atoms with Gasteiger partial charge >= 0.3 is 5.97 Å². The number of hydrogen-bond donors (Lipinski definition) is 1. The Morgan fingerprint density at radius 2 is 1.88 bits per heavy atom. The molecule has 0 saturated carbocycles. The third-order valence-corrected chi connectivity index (χ3v) is 3.99. The van der Waals surface area contributed by atoms with Gasteiger partial charge in [-0.1, -0.05) is 41.4 Å². The van der Waals surface area contributed by atoms with Gasteiger partial charge in [-0.3, -0.25) is 9.36 Å².